The normalized spacial score (nSPS) is 38.7. The Bertz CT molecular complexity index is 723. The summed E-state index contributed by atoms with van der Waals surface area (Å²) in [5.41, 5.74) is 1.58. The van der Waals surface area contributed by atoms with Crippen molar-refractivity contribution in [1.82, 2.24) is 9.62 Å². The molecule has 0 amide bonds. The Morgan fingerprint density at radius 3 is 2.60 bits per heavy atom. The van der Waals surface area contributed by atoms with Gasteiger partial charge in [0.1, 0.15) is 0 Å². The van der Waals surface area contributed by atoms with E-state index < -0.39 is 10.0 Å². The van der Waals surface area contributed by atoms with E-state index in [2.05, 4.69) is 26.1 Å². The predicted octanol–water partition coefficient (Wildman–Crippen LogP) is 3.95. The molecule has 3 fully saturated rings. The topological polar surface area (TPSA) is 49.4 Å². The van der Waals surface area contributed by atoms with Crippen molar-refractivity contribution in [2.45, 2.75) is 95.7 Å². The number of fused-ring (bicyclic) bond motifs is 1. The summed E-state index contributed by atoms with van der Waals surface area (Å²) in [5.74, 6) is 2.47. The second-order valence-corrected chi connectivity index (χ2v) is 12.8. The second kappa shape index (κ2) is 9.74. The molecule has 7 unspecified atom stereocenters. The van der Waals surface area contributed by atoms with Crippen LogP contribution in [-0.2, 0) is 10.0 Å². The number of piperidine rings is 1. The van der Waals surface area contributed by atoms with Crippen LogP contribution >= 0.6 is 0 Å². The molecule has 0 bridgehead atoms. The maximum absolute atomic E-state index is 14.2. The molecule has 170 valence electrons. The van der Waals surface area contributed by atoms with Crippen LogP contribution in [0.2, 0.25) is 6.32 Å². The standard InChI is InChI=1S/C24H43BN2O2S/c1-4-18-10-11-20(21(16-26-3)22-12-13-25-22)15-23(18)30(28,29)27-14-6-9-19-8-5-7-17(2)24(19)27/h17-21,23-24,26H,4-16H2,1-3H3. The van der Waals surface area contributed by atoms with Gasteiger partial charge in [0.2, 0.25) is 0 Å². The third-order valence-electron chi connectivity index (χ3n) is 9.10. The van der Waals surface area contributed by atoms with Crippen molar-refractivity contribution in [3.63, 3.8) is 0 Å². The molecule has 0 aromatic carbocycles. The molecule has 0 spiro atoms. The van der Waals surface area contributed by atoms with E-state index in [-0.39, 0.29) is 11.3 Å². The van der Waals surface area contributed by atoms with E-state index in [0.29, 0.717) is 29.6 Å². The van der Waals surface area contributed by atoms with Crippen molar-refractivity contribution in [2.24, 2.45) is 29.6 Å². The van der Waals surface area contributed by atoms with Crippen molar-refractivity contribution in [3.8, 4) is 0 Å². The molecule has 4 nitrogen and oxygen atoms in total. The van der Waals surface area contributed by atoms with Gasteiger partial charge in [-0.25, -0.2) is 0 Å². The number of hydrogen-bond acceptors (Lipinski definition) is 3. The first-order valence-corrected chi connectivity index (χ1v) is 14.3. The Hall–Kier alpha value is -0.195. The summed E-state index contributed by atoms with van der Waals surface area (Å²) >= 11 is 0. The van der Waals surface area contributed by atoms with Crippen LogP contribution in [0.1, 0.15) is 78.1 Å². The maximum atomic E-state index is 14.2. The van der Waals surface area contributed by atoms with Crippen molar-refractivity contribution >= 4 is 22.4 Å². The van der Waals surface area contributed by atoms with E-state index in [1.54, 1.807) is 5.46 Å². The molecule has 4 rings (SSSR count). The molecular weight excluding hydrogens is 391 g/mol. The monoisotopic (exact) mass is 434 g/mol. The first-order chi connectivity index (χ1) is 14.5. The van der Waals surface area contributed by atoms with Gasteiger partial charge in [0.15, 0.2) is 0 Å². The van der Waals surface area contributed by atoms with Gasteiger partial charge < -0.3 is 0 Å². The van der Waals surface area contributed by atoms with Crippen molar-refractivity contribution < 1.29 is 8.42 Å². The van der Waals surface area contributed by atoms with Gasteiger partial charge in [-0.3, -0.25) is 0 Å². The fourth-order valence-corrected chi connectivity index (χ4v) is 10.1. The molecule has 6 heteroatoms. The molecule has 0 radical (unpaired) electrons. The second-order valence-electron chi connectivity index (χ2n) is 10.7. The summed E-state index contributed by atoms with van der Waals surface area (Å²) in [6.07, 6.45) is 12.5. The quantitative estimate of drug-likeness (QED) is 0.618. The van der Waals surface area contributed by atoms with Crippen LogP contribution in [0.15, 0.2) is 0 Å². The molecule has 0 aromatic heterocycles. The fraction of sp³-hybridized carbons (Fsp3) is 0.958. The Labute approximate surface area is 185 Å². The minimum atomic E-state index is -3.25. The minimum absolute atomic E-state index is 0.172. The summed E-state index contributed by atoms with van der Waals surface area (Å²) in [6.45, 7) is 8.66. The first-order valence-electron chi connectivity index (χ1n) is 12.8. The van der Waals surface area contributed by atoms with E-state index in [0.717, 1.165) is 38.8 Å². The molecule has 2 heterocycles. The van der Waals surface area contributed by atoms with Crippen LogP contribution in [-0.4, -0.2) is 56.5 Å². The molecule has 7 atom stereocenters. The molecule has 0 aromatic rings. The van der Waals surface area contributed by atoms with Crippen LogP contribution < -0.4 is 5.32 Å². The molecule has 1 saturated heterocycles. The number of rotatable bonds is 7. The number of hydrogen-bond donors (Lipinski definition) is 1. The summed E-state index contributed by atoms with van der Waals surface area (Å²) in [5, 5.41) is 3.23. The third-order valence-corrected chi connectivity index (χ3v) is 11.5. The predicted molar refractivity (Wildman–Crippen MR) is 128 cm³/mol. The summed E-state index contributed by atoms with van der Waals surface area (Å²) < 4.78 is 30.4. The Morgan fingerprint density at radius 1 is 1.17 bits per heavy atom. The summed E-state index contributed by atoms with van der Waals surface area (Å²) in [6, 6.07) is 0.262. The number of sulfonamides is 1. The van der Waals surface area contributed by atoms with Gasteiger partial charge in [0.05, 0.1) is 0 Å². The van der Waals surface area contributed by atoms with Crippen molar-refractivity contribution in [3.05, 3.63) is 0 Å². The van der Waals surface area contributed by atoms with Gasteiger partial charge in [0.25, 0.3) is 0 Å². The van der Waals surface area contributed by atoms with Crippen LogP contribution in [0.5, 0.6) is 0 Å². The zero-order valence-electron chi connectivity index (χ0n) is 19.5. The van der Waals surface area contributed by atoms with Gasteiger partial charge >= 0.3 is 186 Å². The number of nitrogens with one attached hydrogen (secondary N) is 1. The van der Waals surface area contributed by atoms with Crippen LogP contribution in [0.4, 0.5) is 0 Å². The van der Waals surface area contributed by atoms with Gasteiger partial charge in [0, 0.05) is 0 Å². The third kappa shape index (κ3) is 4.35. The SMILES string of the molecule is CCC1CCC(C(CNC)C2=BCC2)CC1S(=O)(=O)N1CCCC2CCCC(C)C21. The van der Waals surface area contributed by atoms with Crippen molar-refractivity contribution in [1.29, 1.82) is 0 Å². The van der Waals surface area contributed by atoms with Gasteiger partial charge in [-0.15, -0.1) is 0 Å². The molecule has 2 saturated carbocycles. The Balaban J connectivity index is 1.58. The summed E-state index contributed by atoms with van der Waals surface area (Å²) in [7, 11) is -1.21. The molecule has 30 heavy (non-hydrogen) atoms. The molecule has 2 aliphatic carbocycles. The Morgan fingerprint density at radius 2 is 1.93 bits per heavy atom. The fourth-order valence-electron chi connectivity index (χ4n) is 7.36. The van der Waals surface area contributed by atoms with E-state index in [9.17, 15) is 8.42 Å². The molecule has 1 N–H and O–H groups in total. The average Bonchev–Trinajstić information content (AvgIpc) is 2.71. The Kier molecular flexibility index (Phi) is 7.46. The van der Waals surface area contributed by atoms with E-state index in [1.807, 2.05) is 11.4 Å². The van der Waals surface area contributed by atoms with Gasteiger partial charge in [-0.2, -0.15) is 0 Å². The van der Waals surface area contributed by atoms with E-state index >= 15 is 0 Å². The van der Waals surface area contributed by atoms with Crippen LogP contribution in [0.3, 0.4) is 0 Å². The molecule has 4 aliphatic rings. The molecular formula is C24H43BN2O2S. The number of nitrogens with zero attached hydrogens (tertiary/aromatic N) is 1. The van der Waals surface area contributed by atoms with Crippen molar-refractivity contribution in [2.75, 3.05) is 20.1 Å². The zero-order chi connectivity index (χ0) is 21.3. The van der Waals surface area contributed by atoms with Crippen LogP contribution in [0.25, 0.3) is 0 Å². The van der Waals surface area contributed by atoms with Gasteiger partial charge in [-0.05, 0) is 0 Å². The molecule has 2 aliphatic heterocycles. The van der Waals surface area contributed by atoms with Gasteiger partial charge in [-0.1, -0.05) is 0 Å². The van der Waals surface area contributed by atoms with E-state index in [4.69, 9.17) is 0 Å². The van der Waals surface area contributed by atoms with E-state index in [1.165, 1.54) is 44.8 Å². The summed E-state index contributed by atoms with van der Waals surface area (Å²) in [4.78, 5) is 0. The zero-order valence-corrected chi connectivity index (χ0v) is 20.3. The first kappa shape index (κ1) is 23.0. The average molecular weight is 434 g/mol. The van der Waals surface area contributed by atoms with Crippen LogP contribution in [0, 0.1) is 29.6 Å².